The number of anilines is 1. The van der Waals surface area contributed by atoms with Crippen LogP contribution in [0.25, 0.3) is 0 Å². The SMILES string of the molecule is Cc1cc(Br)c(NCc2occc2Br)c(Br)c1. The van der Waals surface area contributed by atoms with Crippen molar-refractivity contribution in [1.82, 2.24) is 0 Å². The monoisotopic (exact) mass is 421 g/mol. The highest BCUT2D eigenvalue weighted by Gasteiger charge is 2.08. The first-order chi connectivity index (χ1) is 8.08. The maximum atomic E-state index is 5.35. The molecule has 1 heterocycles. The van der Waals surface area contributed by atoms with Crippen LogP contribution in [0.1, 0.15) is 11.3 Å². The summed E-state index contributed by atoms with van der Waals surface area (Å²) in [6.07, 6.45) is 1.67. The Morgan fingerprint density at radius 2 is 1.76 bits per heavy atom. The van der Waals surface area contributed by atoms with Gasteiger partial charge < -0.3 is 9.73 Å². The lowest BCUT2D eigenvalue weighted by molar-refractivity contribution is 0.516. The highest BCUT2D eigenvalue weighted by molar-refractivity contribution is 9.11. The first-order valence-corrected chi connectivity index (χ1v) is 7.37. The van der Waals surface area contributed by atoms with Gasteiger partial charge in [0.15, 0.2) is 0 Å². The smallest absolute Gasteiger partial charge is 0.136 e. The van der Waals surface area contributed by atoms with E-state index < -0.39 is 0 Å². The van der Waals surface area contributed by atoms with E-state index in [2.05, 4.69) is 72.2 Å². The fraction of sp³-hybridized carbons (Fsp3) is 0.167. The van der Waals surface area contributed by atoms with Crippen molar-refractivity contribution in [2.45, 2.75) is 13.5 Å². The molecule has 5 heteroatoms. The van der Waals surface area contributed by atoms with Crippen LogP contribution in [0.15, 0.2) is 42.3 Å². The van der Waals surface area contributed by atoms with E-state index in [1.54, 1.807) is 6.26 Å². The summed E-state index contributed by atoms with van der Waals surface area (Å²) in [7, 11) is 0. The van der Waals surface area contributed by atoms with Crippen molar-refractivity contribution in [3.63, 3.8) is 0 Å². The number of aryl methyl sites for hydroxylation is 1. The molecule has 0 aliphatic heterocycles. The molecular formula is C12H10Br3NO. The minimum atomic E-state index is 0.633. The molecule has 0 unspecified atom stereocenters. The van der Waals surface area contributed by atoms with Crippen LogP contribution in [0.2, 0.25) is 0 Å². The zero-order chi connectivity index (χ0) is 12.4. The van der Waals surface area contributed by atoms with Gasteiger partial charge in [0.2, 0.25) is 0 Å². The van der Waals surface area contributed by atoms with Crippen molar-refractivity contribution in [3.05, 3.63) is 49.2 Å². The van der Waals surface area contributed by atoms with Gasteiger partial charge in [-0.25, -0.2) is 0 Å². The van der Waals surface area contributed by atoms with Gasteiger partial charge in [-0.1, -0.05) is 0 Å². The normalized spacial score (nSPS) is 10.6. The second kappa shape index (κ2) is 5.59. The summed E-state index contributed by atoms with van der Waals surface area (Å²) in [6.45, 7) is 2.69. The molecule has 1 N–H and O–H groups in total. The van der Waals surface area contributed by atoms with Crippen molar-refractivity contribution in [2.24, 2.45) is 0 Å². The van der Waals surface area contributed by atoms with Gasteiger partial charge in [-0.05, 0) is 78.5 Å². The van der Waals surface area contributed by atoms with Crippen LogP contribution in [-0.2, 0) is 6.54 Å². The third-order valence-corrected chi connectivity index (χ3v) is 4.26. The van der Waals surface area contributed by atoms with Gasteiger partial charge in [0.25, 0.3) is 0 Å². The molecule has 0 bridgehead atoms. The van der Waals surface area contributed by atoms with E-state index in [1.807, 2.05) is 6.07 Å². The van der Waals surface area contributed by atoms with Crippen LogP contribution >= 0.6 is 47.8 Å². The number of benzene rings is 1. The molecule has 0 aliphatic rings. The first-order valence-electron chi connectivity index (χ1n) is 4.99. The summed E-state index contributed by atoms with van der Waals surface area (Å²) < 4.78 is 8.39. The molecule has 0 saturated heterocycles. The Bertz CT molecular complexity index is 513. The predicted molar refractivity (Wildman–Crippen MR) is 80.3 cm³/mol. The quantitative estimate of drug-likeness (QED) is 0.706. The van der Waals surface area contributed by atoms with Gasteiger partial charge in [0, 0.05) is 8.95 Å². The van der Waals surface area contributed by atoms with Gasteiger partial charge in [-0.3, -0.25) is 0 Å². The Morgan fingerprint density at radius 3 is 2.29 bits per heavy atom. The molecule has 17 heavy (non-hydrogen) atoms. The molecule has 0 aliphatic carbocycles. The van der Waals surface area contributed by atoms with E-state index in [1.165, 1.54) is 5.56 Å². The van der Waals surface area contributed by atoms with E-state index in [0.29, 0.717) is 6.54 Å². The molecule has 2 aromatic rings. The summed E-state index contributed by atoms with van der Waals surface area (Å²) in [6, 6.07) is 6.03. The van der Waals surface area contributed by atoms with Crippen LogP contribution in [-0.4, -0.2) is 0 Å². The molecule has 0 fully saturated rings. The van der Waals surface area contributed by atoms with E-state index >= 15 is 0 Å². The molecule has 1 aromatic heterocycles. The molecule has 0 spiro atoms. The average molecular weight is 424 g/mol. The summed E-state index contributed by atoms with van der Waals surface area (Å²) in [4.78, 5) is 0. The van der Waals surface area contributed by atoms with Gasteiger partial charge in [-0.2, -0.15) is 0 Å². The van der Waals surface area contributed by atoms with E-state index in [-0.39, 0.29) is 0 Å². The minimum absolute atomic E-state index is 0.633. The molecule has 0 amide bonds. The van der Waals surface area contributed by atoms with Crippen LogP contribution in [0, 0.1) is 6.92 Å². The number of halogens is 3. The van der Waals surface area contributed by atoms with Crippen LogP contribution in [0.4, 0.5) is 5.69 Å². The molecule has 1 aromatic carbocycles. The van der Waals surface area contributed by atoms with Crippen molar-refractivity contribution >= 4 is 53.5 Å². The second-order valence-corrected chi connectivity index (χ2v) is 6.21. The number of rotatable bonds is 3. The Labute approximate surface area is 125 Å². The number of nitrogens with one attached hydrogen (secondary N) is 1. The number of furan rings is 1. The Hall–Kier alpha value is -0.260. The van der Waals surface area contributed by atoms with Gasteiger partial charge in [0.05, 0.1) is 23.0 Å². The molecule has 0 radical (unpaired) electrons. The molecule has 2 rings (SSSR count). The zero-order valence-corrected chi connectivity index (χ0v) is 13.8. The van der Waals surface area contributed by atoms with Gasteiger partial charge in [0.1, 0.15) is 5.76 Å². The van der Waals surface area contributed by atoms with E-state index in [0.717, 1.165) is 24.9 Å². The molecule has 2 nitrogen and oxygen atoms in total. The lowest BCUT2D eigenvalue weighted by Crippen LogP contribution is -2.00. The van der Waals surface area contributed by atoms with Crippen molar-refractivity contribution in [1.29, 1.82) is 0 Å². The topological polar surface area (TPSA) is 25.2 Å². The Kier molecular flexibility index (Phi) is 4.33. The van der Waals surface area contributed by atoms with E-state index in [9.17, 15) is 0 Å². The highest BCUT2D eigenvalue weighted by Crippen LogP contribution is 2.33. The molecular weight excluding hydrogens is 414 g/mol. The largest absolute Gasteiger partial charge is 0.466 e. The summed E-state index contributed by atoms with van der Waals surface area (Å²) in [5.41, 5.74) is 2.23. The Morgan fingerprint density at radius 1 is 1.12 bits per heavy atom. The van der Waals surface area contributed by atoms with Gasteiger partial charge >= 0.3 is 0 Å². The minimum Gasteiger partial charge on any atom is -0.466 e. The molecule has 0 atom stereocenters. The summed E-state index contributed by atoms with van der Waals surface area (Å²) >= 11 is 10.5. The number of hydrogen-bond acceptors (Lipinski definition) is 2. The maximum Gasteiger partial charge on any atom is 0.136 e. The standard InChI is InChI=1S/C12H10Br3NO/c1-7-4-9(14)12(10(15)5-7)16-6-11-8(13)2-3-17-11/h2-5,16H,6H2,1H3. The van der Waals surface area contributed by atoms with Crippen molar-refractivity contribution in [2.75, 3.05) is 5.32 Å². The third-order valence-electron chi connectivity index (χ3n) is 2.30. The predicted octanol–water partition coefficient (Wildman–Crippen LogP) is 5.49. The molecule has 0 saturated carbocycles. The zero-order valence-electron chi connectivity index (χ0n) is 9.06. The molecule has 90 valence electrons. The summed E-state index contributed by atoms with van der Waals surface area (Å²) in [5.74, 6) is 0.879. The van der Waals surface area contributed by atoms with Crippen LogP contribution < -0.4 is 5.32 Å². The number of hydrogen-bond donors (Lipinski definition) is 1. The third kappa shape index (κ3) is 3.14. The fourth-order valence-corrected chi connectivity index (χ4v) is 3.53. The van der Waals surface area contributed by atoms with Crippen molar-refractivity contribution in [3.8, 4) is 0 Å². The van der Waals surface area contributed by atoms with Gasteiger partial charge in [-0.15, -0.1) is 0 Å². The second-order valence-electron chi connectivity index (χ2n) is 3.65. The lowest BCUT2D eigenvalue weighted by atomic mass is 10.2. The summed E-state index contributed by atoms with van der Waals surface area (Å²) in [5, 5.41) is 3.33. The van der Waals surface area contributed by atoms with Crippen LogP contribution in [0.5, 0.6) is 0 Å². The van der Waals surface area contributed by atoms with Crippen molar-refractivity contribution < 1.29 is 4.42 Å². The Balaban J connectivity index is 2.17. The lowest BCUT2D eigenvalue weighted by Gasteiger charge is -2.11. The maximum absolute atomic E-state index is 5.35. The fourth-order valence-electron chi connectivity index (χ4n) is 1.49. The highest BCUT2D eigenvalue weighted by atomic mass is 79.9. The first kappa shape index (κ1) is 13.2. The van der Waals surface area contributed by atoms with Crippen LogP contribution in [0.3, 0.4) is 0 Å². The van der Waals surface area contributed by atoms with E-state index in [4.69, 9.17) is 4.42 Å². The average Bonchev–Trinajstić information content (AvgIpc) is 2.62.